The minimum Gasteiger partial charge on any atom is -0.361 e. The Morgan fingerprint density at radius 1 is 1.33 bits per heavy atom. The first kappa shape index (κ1) is 14.5. The maximum Gasteiger partial charge on any atom is 0.190 e. The molecule has 112 valence electrons. The summed E-state index contributed by atoms with van der Waals surface area (Å²) in [6, 6.07) is 10.9. The van der Waals surface area contributed by atoms with Gasteiger partial charge in [0.2, 0.25) is 0 Å². The molecule has 3 rings (SSSR count). The number of hydrazone groups is 1. The highest BCUT2D eigenvalue weighted by molar-refractivity contribution is 7.80. The van der Waals surface area contributed by atoms with Gasteiger partial charge in [0.25, 0.3) is 0 Å². The van der Waals surface area contributed by atoms with Crippen molar-refractivity contribution in [1.82, 2.24) is 10.3 Å². The molecular weight excluding hydrogens is 278 g/mol. The van der Waals surface area contributed by atoms with Crippen molar-refractivity contribution in [1.29, 1.82) is 0 Å². The molecule has 21 heavy (non-hydrogen) atoms. The first-order valence-corrected chi connectivity index (χ1v) is 8.33. The Bertz CT molecular complexity index is 540. The van der Waals surface area contributed by atoms with E-state index in [0.29, 0.717) is 11.8 Å². The summed E-state index contributed by atoms with van der Waals surface area (Å²) in [6.45, 7) is 5.21. The molecule has 1 aliphatic carbocycles. The molecule has 3 nitrogen and oxygen atoms in total. The van der Waals surface area contributed by atoms with E-state index in [4.69, 9.17) is 17.3 Å². The standard InChI is InChI=1S/C17H23N3S/c1-3-18-17(21)20-16(13-9-5-4-6-10-13)14-11-7-8-12(2)15(14)19-20/h4-6,9-10,12,14,16H,3,7-8,11H2,1-2H3,(H,18,21)/t12?,14-,16+/m1/s1. The van der Waals surface area contributed by atoms with Crippen LogP contribution < -0.4 is 5.32 Å². The maximum atomic E-state index is 5.56. The predicted molar refractivity (Wildman–Crippen MR) is 91.2 cm³/mol. The van der Waals surface area contributed by atoms with Gasteiger partial charge in [0.05, 0.1) is 6.04 Å². The second-order valence-corrected chi connectivity index (χ2v) is 6.39. The molecule has 1 heterocycles. The summed E-state index contributed by atoms with van der Waals surface area (Å²) in [5.41, 5.74) is 2.66. The molecule has 0 amide bonds. The lowest BCUT2D eigenvalue weighted by Crippen LogP contribution is -2.38. The summed E-state index contributed by atoms with van der Waals surface area (Å²) in [6.07, 6.45) is 3.75. The van der Waals surface area contributed by atoms with Crippen molar-refractivity contribution in [2.45, 2.75) is 39.2 Å². The van der Waals surface area contributed by atoms with E-state index in [1.54, 1.807) is 0 Å². The molecule has 1 N–H and O–H groups in total. The number of hydrogen-bond donors (Lipinski definition) is 1. The van der Waals surface area contributed by atoms with Crippen molar-refractivity contribution in [2.24, 2.45) is 16.9 Å². The first-order valence-electron chi connectivity index (χ1n) is 7.92. The molecule has 0 saturated heterocycles. The van der Waals surface area contributed by atoms with Gasteiger partial charge >= 0.3 is 0 Å². The molecule has 4 heteroatoms. The third kappa shape index (κ3) is 2.69. The summed E-state index contributed by atoms with van der Waals surface area (Å²) in [7, 11) is 0. The SMILES string of the molecule is CCNC(=S)N1N=C2C(C)CCC[C@H]2[C@@H]1c1ccccc1. The Morgan fingerprint density at radius 3 is 2.81 bits per heavy atom. The second-order valence-electron chi connectivity index (χ2n) is 6.00. The largest absolute Gasteiger partial charge is 0.361 e. The molecule has 0 aromatic heterocycles. The summed E-state index contributed by atoms with van der Waals surface area (Å²) in [5.74, 6) is 1.08. The van der Waals surface area contributed by atoms with Crippen molar-refractivity contribution in [3.05, 3.63) is 35.9 Å². The van der Waals surface area contributed by atoms with Crippen LogP contribution in [0, 0.1) is 11.8 Å². The fraction of sp³-hybridized carbons (Fsp3) is 0.529. The van der Waals surface area contributed by atoms with E-state index in [1.165, 1.54) is 30.5 Å². The summed E-state index contributed by atoms with van der Waals surface area (Å²) >= 11 is 5.56. The lowest BCUT2D eigenvalue weighted by atomic mass is 9.76. The Balaban J connectivity index is 1.96. The van der Waals surface area contributed by atoms with Crippen molar-refractivity contribution in [3.63, 3.8) is 0 Å². The number of rotatable bonds is 2. The zero-order valence-electron chi connectivity index (χ0n) is 12.7. The van der Waals surface area contributed by atoms with E-state index in [0.717, 1.165) is 11.7 Å². The van der Waals surface area contributed by atoms with Crippen LogP contribution in [-0.2, 0) is 0 Å². The highest BCUT2D eigenvalue weighted by Crippen LogP contribution is 2.43. The van der Waals surface area contributed by atoms with Gasteiger partial charge in [0.15, 0.2) is 5.11 Å². The van der Waals surface area contributed by atoms with Crippen molar-refractivity contribution in [3.8, 4) is 0 Å². The lowest BCUT2D eigenvalue weighted by Gasteiger charge is -2.31. The van der Waals surface area contributed by atoms with Crippen LogP contribution in [-0.4, -0.2) is 22.4 Å². The van der Waals surface area contributed by atoms with Gasteiger partial charge in [0.1, 0.15) is 0 Å². The van der Waals surface area contributed by atoms with Crippen LogP contribution >= 0.6 is 12.2 Å². The molecular formula is C17H23N3S. The molecule has 2 aliphatic rings. The Hall–Kier alpha value is -1.42. The Morgan fingerprint density at radius 2 is 2.10 bits per heavy atom. The van der Waals surface area contributed by atoms with E-state index in [1.807, 2.05) is 0 Å². The number of hydrogen-bond acceptors (Lipinski definition) is 2. The molecule has 1 aromatic carbocycles. The average molecular weight is 301 g/mol. The molecule has 1 fully saturated rings. The fourth-order valence-corrected chi connectivity index (χ4v) is 3.88. The van der Waals surface area contributed by atoms with Gasteiger partial charge in [-0.1, -0.05) is 43.7 Å². The highest BCUT2D eigenvalue weighted by Gasteiger charge is 2.43. The zero-order chi connectivity index (χ0) is 14.8. The lowest BCUT2D eigenvalue weighted by molar-refractivity contribution is 0.293. The third-order valence-corrected chi connectivity index (χ3v) is 4.91. The molecule has 1 saturated carbocycles. The van der Waals surface area contributed by atoms with Gasteiger partial charge < -0.3 is 5.32 Å². The highest BCUT2D eigenvalue weighted by atomic mass is 32.1. The minimum atomic E-state index is 0.260. The number of fused-ring (bicyclic) bond motifs is 1. The van der Waals surface area contributed by atoms with Gasteiger partial charge in [0, 0.05) is 18.2 Å². The molecule has 1 unspecified atom stereocenters. The number of thiocarbonyl (C=S) groups is 1. The smallest absolute Gasteiger partial charge is 0.190 e. The molecule has 1 aromatic rings. The van der Waals surface area contributed by atoms with E-state index >= 15 is 0 Å². The van der Waals surface area contributed by atoms with E-state index in [2.05, 4.69) is 54.5 Å². The fourth-order valence-electron chi connectivity index (χ4n) is 3.58. The van der Waals surface area contributed by atoms with E-state index in [9.17, 15) is 0 Å². The minimum absolute atomic E-state index is 0.260. The monoisotopic (exact) mass is 301 g/mol. The van der Waals surface area contributed by atoms with Crippen molar-refractivity contribution in [2.75, 3.05) is 6.54 Å². The van der Waals surface area contributed by atoms with Crippen LogP contribution in [0.25, 0.3) is 0 Å². The summed E-state index contributed by atoms with van der Waals surface area (Å²) in [5, 5.41) is 11.0. The molecule has 3 atom stereocenters. The third-order valence-electron chi connectivity index (χ3n) is 4.58. The molecule has 0 bridgehead atoms. The Kier molecular flexibility index (Phi) is 4.24. The number of benzene rings is 1. The van der Waals surface area contributed by atoms with Gasteiger partial charge in [-0.25, -0.2) is 5.01 Å². The predicted octanol–water partition coefficient (Wildman–Crippen LogP) is 3.73. The second kappa shape index (κ2) is 6.14. The number of nitrogens with one attached hydrogen (secondary N) is 1. The summed E-state index contributed by atoms with van der Waals surface area (Å²) < 4.78 is 0. The van der Waals surface area contributed by atoms with Crippen LogP contribution in [0.4, 0.5) is 0 Å². The van der Waals surface area contributed by atoms with Crippen LogP contribution in [0.5, 0.6) is 0 Å². The van der Waals surface area contributed by atoms with E-state index in [-0.39, 0.29) is 6.04 Å². The number of nitrogens with zero attached hydrogens (tertiary/aromatic N) is 2. The van der Waals surface area contributed by atoms with Crippen molar-refractivity contribution >= 4 is 23.0 Å². The first-order chi connectivity index (χ1) is 10.2. The normalized spacial score (nSPS) is 28.0. The zero-order valence-corrected chi connectivity index (χ0v) is 13.6. The average Bonchev–Trinajstić information content (AvgIpc) is 2.89. The quantitative estimate of drug-likeness (QED) is 0.844. The Labute approximate surface area is 132 Å². The summed E-state index contributed by atoms with van der Waals surface area (Å²) in [4.78, 5) is 0. The van der Waals surface area contributed by atoms with E-state index < -0.39 is 0 Å². The van der Waals surface area contributed by atoms with Gasteiger partial charge in [-0.2, -0.15) is 5.10 Å². The van der Waals surface area contributed by atoms with Crippen LogP contribution in [0.3, 0.4) is 0 Å². The molecule has 1 aliphatic heterocycles. The van der Waals surface area contributed by atoms with Gasteiger partial charge in [-0.15, -0.1) is 0 Å². The van der Waals surface area contributed by atoms with Crippen molar-refractivity contribution < 1.29 is 0 Å². The van der Waals surface area contributed by atoms with Gasteiger partial charge in [-0.3, -0.25) is 0 Å². The molecule has 0 radical (unpaired) electrons. The molecule has 0 spiro atoms. The van der Waals surface area contributed by atoms with Crippen LogP contribution in [0.1, 0.15) is 44.7 Å². The van der Waals surface area contributed by atoms with Crippen LogP contribution in [0.15, 0.2) is 35.4 Å². The maximum absolute atomic E-state index is 5.56. The topological polar surface area (TPSA) is 27.6 Å². The van der Waals surface area contributed by atoms with Gasteiger partial charge in [-0.05, 0) is 43.5 Å². The van der Waals surface area contributed by atoms with Crippen LogP contribution in [0.2, 0.25) is 0 Å².